The molecule has 0 atom stereocenters. The monoisotopic (exact) mass is 225 g/mol. The summed E-state index contributed by atoms with van der Waals surface area (Å²) >= 11 is 0. The quantitative estimate of drug-likeness (QED) is 0.810. The van der Waals surface area contributed by atoms with Crippen molar-refractivity contribution in [3.63, 3.8) is 0 Å². The van der Waals surface area contributed by atoms with Crippen molar-refractivity contribution in [2.75, 3.05) is 5.32 Å². The van der Waals surface area contributed by atoms with E-state index in [1.165, 1.54) is 6.92 Å². The van der Waals surface area contributed by atoms with Gasteiger partial charge in [-0.3, -0.25) is 9.59 Å². The lowest BCUT2D eigenvalue weighted by atomic mass is 10.0. The van der Waals surface area contributed by atoms with Gasteiger partial charge in [-0.2, -0.15) is 0 Å². The van der Waals surface area contributed by atoms with Crippen LogP contribution in [0.25, 0.3) is 10.8 Å². The van der Waals surface area contributed by atoms with Crippen molar-refractivity contribution in [3.8, 4) is 0 Å². The summed E-state index contributed by atoms with van der Waals surface area (Å²) in [6, 6.07) is 9.52. The topological polar surface area (TPSA) is 46.2 Å². The lowest BCUT2D eigenvalue weighted by Gasteiger charge is -2.08. The highest BCUT2D eigenvalue weighted by Gasteiger charge is 2.24. The summed E-state index contributed by atoms with van der Waals surface area (Å²) in [7, 11) is 0. The zero-order chi connectivity index (χ0) is 12.0. The van der Waals surface area contributed by atoms with Gasteiger partial charge in [-0.25, -0.2) is 0 Å². The minimum Gasteiger partial charge on any atom is -0.326 e. The number of anilines is 1. The molecule has 84 valence electrons. The molecule has 0 radical (unpaired) electrons. The maximum Gasteiger partial charge on any atom is 0.221 e. The molecule has 17 heavy (non-hydrogen) atoms. The number of benzene rings is 2. The number of nitrogens with one attached hydrogen (secondary N) is 1. The van der Waals surface area contributed by atoms with Crippen LogP contribution < -0.4 is 5.32 Å². The second kappa shape index (κ2) is 3.42. The molecule has 3 rings (SSSR count). The van der Waals surface area contributed by atoms with Gasteiger partial charge in [0.1, 0.15) is 0 Å². The molecule has 0 saturated heterocycles. The SMILES string of the molecule is CC(=O)Nc1ccc2cccc3c2c1CC3=O. The fourth-order valence-electron chi connectivity index (χ4n) is 2.43. The summed E-state index contributed by atoms with van der Waals surface area (Å²) in [6.07, 6.45) is 0.381. The Morgan fingerprint density at radius 1 is 1.24 bits per heavy atom. The molecule has 0 aliphatic heterocycles. The standard InChI is InChI=1S/C14H11NO2/c1-8(16)15-12-6-5-9-3-2-4-10-13(17)7-11(12)14(9)10/h2-6H,7H2,1H3,(H,15,16). The second-order valence-electron chi connectivity index (χ2n) is 4.28. The average Bonchev–Trinajstić information content (AvgIpc) is 2.62. The van der Waals surface area contributed by atoms with E-state index >= 15 is 0 Å². The van der Waals surface area contributed by atoms with Crippen LogP contribution >= 0.6 is 0 Å². The van der Waals surface area contributed by atoms with Crippen molar-refractivity contribution < 1.29 is 9.59 Å². The van der Waals surface area contributed by atoms with E-state index in [4.69, 9.17) is 0 Å². The van der Waals surface area contributed by atoms with Crippen LogP contribution in [0.3, 0.4) is 0 Å². The van der Waals surface area contributed by atoms with E-state index in [0.29, 0.717) is 6.42 Å². The van der Waals surface area contributed by atoms with Gasteiger partial charge in [0.25, 0.3) is 0 Å². The van der Waals surface area contributed by atoms with Crippen LogP contribution in [0.1, 0.15) is 22.8 Å². The summed E-state index contributed by atoms with van der Waals surface area (Å²) in [6.45, 7) is 1.47. The fraction of sp³-hybridized carbons (Fsp3) is 0.143. The van der Waals surface area contributed by atoms with Gasteiger partial charge in [0.05, 0.1) is 0 Å². The first-order chi connectivity index (χ1) is 8.16. The minimum atomic E-state index is -0.113. The lowest BCUT2D eigenvalue weighted by Crippen LogP contribution is -2.08. The molecule has 3 heteroatoms. The number of carbonyl (C=O) groups is 2. The Bertz CT molecular complexity index is 659. The van der Waals surface area contributed by atoms with Crippen LogP contribution in [0.4, 0.5) is 5.69 Å². The number of carbonyl (C=O) groups excluding carboxylic acids is 2. The van der Waals surface area contributed by atoms with Crippen molar-refractivity contribution in [1.29, 1.82) is 0 Å². The summed E-state index contributed by atoms with van der Waals surface area (Å²) in [5, 5.41) is 4.82. The third-order valence-electron chi connectivity index (χ3n) is 3.10. The van der Waals surface area contributed by atoms with Crippen molar-refractivity contribution in [2.24, 2.45) is 0 Å². The Labute approximate surface area is 98.4 Å². The lowest BCUT2D eigenvalue weighted by molar-refractivity contribution is -0.114. The molecule has 1 aliphatic carbocycles. The summed E-state index contributed by atoms with van der Waals surface area (Å²) < 4.78 is 0. The van der Waals surface area contributed by atoms with Gasteiger partial charge in [0, 0.05) is 24.6 Å². The maximum absolute atomic E-state index is 11.9. The van der Waals surface area contributed by atoms with E-state index in [1.54, 1.807) is 0 Å². The van der Waals surface area contributed by atoms with Gasteiger partial charge in [-0.1, -0.05) is 24.3 Å². The molecular weight excluding hydrogens is 214 g/mol. The number of rotatable bonds is 1. The zero-order valence-corrected chi connectivity index (χ0v) is 9.41. The first kappa shape index (κ1) is 10.0. The van der Waals surface area contributed by atoms with Crippen LogP contribution in [0.2, 0.25) is 0 Å². The normalized spacial score (nSPS) is 13.1. The van der Waals surface area contributed by atoms with Gasteiger partial charge in [0.15, 0.2) is 5.78 Å². The molecule has 1 amide bonds. The third kappa shape index (κ3) is 1.43. The van der Waals surface area contributed by atoms with Gasteiger partial charge < -0.3 is 5.32 Å². The average molecular weight is 225 g/mol. The molecule has 0 unspecified atom stereocenters. The predicted octanol–water partition coefficient (Wildman–Crippen LogP) is 2.54. The number of amides is 1. The highest BCUT2D eigenvalue weighted by atomic mass is 16.1. The molecule has 3 nitrogen and oxygen atoms in total. The maximum atomic E-state index is 11.9. The van der Waals surface area contributed by atoms with E-state index in [1.807, 2.05) is 30.3 Å². The minimum absolute atomic E-state index is 0.113. The Morgan fingerprint density at radius 3 is 2.82 bits per heavy atom. The van der Waals surface area contributed by atoms with E-state index in [-0.39, 0.29) is 11.7 Å². The molecule has 0 fully saturated rings. The molecule has 0 heterocycles. The van der Waals surface area contributed by atoms with Crippen LogP contribution in [-0.4, -0.2) is 11.7 Å². The van der Waals surface area contributed by atoms with Crippen molar-refractivity contribution >= 4 is 28.2 Å². The van der Waals surface area contributed by atoms with E-state index in [0.717, 1.165) is 27.6 Å². The Balaban J connectivity index is 2.31. The van der Waals surface area contributed by atoms with Gasteiger partial charge >= 0.3 is 0 Å². The highest BCUT2D eigenvalue weighted by molar-refractivity contribution is 6.17. The van der Waals surface area contributed by atoms with Crippen LogP contribution in [-0.2, 0) is 11.2 Å². The van der Waals surface area contributed by atoms with Crippen molar-refractivity contribution in [1.82, 2.24) is 0 Å². The van der Waals surface area contributed by atoms with E-state index < -0.39 is 0 Å². The third-order valence-corrected chi connectivity index (χ3v) is 3.10. The molecule has 2 aromatic carbocycles. The molecule has 0 saturated carbocycles. The fourth-order valence-corrected chi connectivity index (χ4v) is 2.43. The molecule has 2 aromatic rings. The number of Topliss-reactive ketones (excluding diaryl/α,β-unsaturated/α-hetero) is 1. The summed E-state index contributed by atoms with van der Waals surface area (Å²) in [5.41, 5.74) is 2.46. The zero-order valence-electron chi connectivity index (χ0n) is 9.41. The van der Waals surface area contributed by atoms with Crippen LogP contribution in [0.15, 0.2) is 30.3 Å². The van der Waals surface area contributed by atoms with E-state index in [9.17, 15) is 9.59 Å². The predicted molar refractivity (Wildman–Crippen MR) is 66.3 cm³/mol. The first-order valence-corrected chi connectivity index (χ1v) is 5.52. The van der Waals surface area contributed by atoms with Crippen molar-refractivity contribution in [3.05, 3.63) is 41.5 Å². The molecule has 1 N–H and O–H groups in total. The van der Waals surface area contributed by atoms with Gasteiger partial charge in [-0.15, -0.1) is 0 Å². The number of hydrogen-bond donors (Lipinski definition) is 1. The van der Waals surface area contributed by atoms with E-state index in [2.05, 4.69) is 5.32 Å². The molecular formula is C14H11NO2. The molecule has 0 bridgehead atoms. The van der Waals surface area contributed by atoms with Gasteiger partial charge in [-0.05, 0) is 22.4 Å². The van der Waals surface area contributed by atoms with Crippen molar-refractivity contribution in [2.45, 2.75) is 13.3 Å². The Morgan fingerprint density at radius 2 is 2.06 bits per heavy atom. The smallest absolute Gasteiger partial charge is 0.221 e. The summed E-state index contributed by atoms with van der Waals surface area (Å²) in [5.74, 6) is 0.0147. The largest absolute Gasteiger partial charge is 0.326 e. The summed E-state index contributed by atoms with van der Waals surface area (Å²) in [4.78, 5) is 23.0. The molecule has 0 spiro atoms. The second-order valence-corrected chi connectivity index (χ2v) is 4.28. The first-order valence-electron chi connectivity index (χ1n) is 5.52. The Hall–Kier alpha value is -2.16. The number of hydrogen-bond acceptors (Lipinski definition) is 2. The highest BCUT2D eigenvalue weighted by Crippen LogP contribution is 2.35. The van der Waals surface area contributed by atoms with Crippen LogP contribution in [0.5, 0.6) is 0 Å². The number of ketones is 1. The van der Waals surface area contributed by atoms with Crippen LogP contribution in [0, 0.1) is 0 Å². The molecule has 1 aliphatic rings. The Kier molecular flexibility index (Phi) is 2.01. The van der Waals surface area contributed by atoms with Gasteiger partial charge in [0.2, 0.25) is 5.91 Å². The molecule has 0 aromatic heterocycles.